The van der Waals surface area contributed by atoms with Crippen LogP contribution < -0.4 is 5.32 Å². The van der Waals surface area contributed by atoms with E-state index in [1.165, 1.54) is 19.3 Å². The quantitative estimate of drug-likeness (QED) is 0.521. The van der Waals surface area contributed by atoms with Crippen LogP contribution in [0.1, 0.15) is 66.7 Å². The van der Waals surface area contributed by atoms with Gasteiger partial charge in [-0.2, -0.15) is 0 Å². The molecule has 0 radical (unpaired) electrons. The van der Waals surface area contributed by atoms with Crippen LogP contribution >= 0.6 is 0 Å². The van der Waals surface area contributed by atoms with Crippen LogP contribution in [-0.4, -0.2) is 31.3 Å². The zero-order chi connectivity index (χ0) is 16.3. The Morgan fingerprint density at radius 1 is 1.05 bits per heavy atom. The predicted octanol–water partition coefficient (Wildman–Crippen LogP) is 3.66. The van der Waals surface area contributed by atoms with Crippen LogP contribution in [0.2, 0.25) is 0 Å². The monoisotopic (exact) mass is 301 g/mol. The number of alkyl carbamates (subject to hydrolysis) is 1. The fourth-order valence-corrected chi connectivity index (χ4v) is 1.56. The number of unbranched alkanes of at least 4 members (excludes halogenated alkanes) is 4. The molecular formula is C16H31NO4. The normalized spacial score (nSPS) is 12.6. The Hall–Kier alpha value is -1.26. The maximum absolute atomic E-state index is 11.7. The van der Waals surface area contributed by atoms with Gasteiger partial charge in [-0.3, -0.25) is 0 Å². The highest BCUT2D eigenvalue weighted by atomic mass is 16.6. The lowest BCUT2D eigenvalue weighted by atomic mass is 9.99. The molecule has 5 heteroatoms. The van der Waals surface area contributed by atoms with E-state index in [1.807, 2.05) is 20.8 Å². The number of rotatable bonds is 9. The Morgan fingerprint density at radius 2 is 1.67 bits per heavy atom. The molecule has 0 saturated heterocycles. The SMILES string of the molecule is CCCCCCCOC(=O)C(C)NC(=O)OCC(C)(C)C. The summed E-state index contributed by atoms with van der Waals surface area (Å²) in [5, 5.41) is 2.48. The summed E-state index contributed by atoms with van der Waals surface area (Å²) in [6.45, 7) is 10.4. The molecule has 124 valence electrons. The molecule has 0 aliphatic heterocycles. The molecule has 0 fully saturated rings. The molecule has 0 rings (SSSR count). The molecule has 0 spiro atoms. The van der Waals surface area contributed by atoms with Gasteiger partial charge in [0.2, 0.25) is 0 Å². The maximum Gasteiger partial charge on any atom is 0.407 e. The van der Waals surface area contributed by atoms with Gasteiger partial charge in [0.1, 0.15) is 6.04 Å². The van der Waals surface area contributed by atoms with Crippen molar-refractivity contribution in [2.24, 2.45) is 5.41 Å². The number of nitrogens with one attached hydrogen (secondary N) is 1. The Kier molecular flexibility index (Phi) is 9.84. The lowest BCUT2D eigenvalue weighted by Gasteiger charge is -2.19. The summed E-state index contributed by atoms with van der Waals surface area (Å²) < 4.78 is 10.2. The van der Waals surface area contributed by atoms with Gasteiger partial charge in [-0.05, 0) is 18.8 Å². The summed E-state index contributed by atoms with van der Waals surface area (Å²) in [4.78, 5) is 23.2. The van der Waals surface area contributed by atoms with E-state index in [9.17, 15) is 9.59 Å². The third-order valence-electron chi connectivity index (χ3n) is 2.82. The molecule has 0 aliphatic carbocycles. The van der Waals surface area contributed by atoms with Gasteiger partial charge in [0.05, 0.1) is 13.2 Å². The standard InChI is InChI=1S/C16H31NO4/c1-6-7-8-9-10-11-20-14(18)13(2)17-15(19)21-12-16(3,4)5/h13H,6-12H2,1-5H3,(H,17,19). The number of carbonyl (C=O) groups is 2. The van der Waals surface area contributed by atoms with E-state index in [1.54, 1.807) is 6.92 Å². The van der Waals surface area contributed by atoms with Gasteiger partial charge in [0.25, 0.3) is 0 Å². The van der Waals surface area contributed by atoms with Gasteiger partial charge in [0.15, 0.2) is 0 Å². The first-order chi connectivity index (χ1) is 9.76. The van der Waals surface area contributed by atoms with Gasteiger partial charge in [-0.25, -0.2) is 9.59 Å². The van der Waals surface area contributed by atoms with Crippen molar-refractivity contribution in [1.82, 2.24) is 5.32 Å². The number of carbonyl (C=O) groups excluding carboxylic acids is 2. The van der Waals surface area contributed by atoms with E-state index in [-0.39, 0.29) is 5.41 Å². The Morgan fingerprint density at radius 3 is 2.24 bits per heavy atom. The number of ether oxygens (including phenoxy) is 2. The highest BCUT2D eigenvalue weighted by Gasteiger charge is 2.19. The molecular weight excluding hydrogens is 270 g/mol. The fourth-order valence-electron chi connectivity index (χ4n) is 1.56. The average Bonchev–Trinajstić information content (AvgIpc) is 2.39. The van der Waals surface area contributed by atoms with Gasteiger partial charge < -0.3 is 14.8 Å². The van der Waals surface area contributed by atoms with Crippen LogP contribution in [0.25, 0.3) is 0 Å². The third-order valence-corrected chi connectivity index (χ3v) is 2.82. The molecule has 1 atom stereocenters. The van der Waals surface area contributed by atoms with Crippen molar-refractivity contribution >= 4 is 12.1 Å². The number of hydrogen-bond acceptors (Lipinski definition) is 4. The molecule has 0 saturated carbocycles. The van der Waals surface area contributed by atoms with Crippen LogP contribution in [0.5, 0.6) is 0 Å². The molecule has 21 heavy (non-hydrogen) atoms. The molecule has 0 bridgehead atoms. The van der Waals surface area contributed by atoms with Gasteiger partial charge in [-0.15, -0.1) is 0 Å². The molecule has 0 aliphatic rings. The first-order valence-electron chi connectivity index (χ1n) is 7.86. The topological polar surface area (TPSA) is 64.6 Å². The Labute approximate surface area is 128 Å². The van der Waals surface area contributed by atoms with Crippen molar-refractivity contribution in [3.8, 4) is 0 Å². The van der Waals surface area contributed by atoms with Gasteiger partial charge in [-0.1, -0.05) is 53.4 Å². The Bertz CT molecular complexity index is 310. The van der Waals surface area contributed by atoms with Crippen molar-refractivity contribution in [1.29, 1.82) is 0 Å². The molecule has 0 heterocycles. The molecule has 0 aromatic rings. The van der Waals surface area contributed by atoms with Crippen LogP contribution in [0.15, 0.2) is 0 Å². The van der Waals surface area contributed by atoms with E-state index < -0.39 is 18.1 Å². The zero-order valence-electron chi connectivity index (χ0n) is 14.2. The van der Waals surface area contributed by atoms with E-state index in [0.29, 0.717) is 13.2 Å². The molecule has 0 aromatic heterocycles. The molecule has 1 amide bonds. The van der Waals surface area contributed by atoms with Crippen molar-refractivity contribution in [3.63, 3.8) is 0 Å². The Balaban J connectivity index is 3.76. The van der Waals surface area contributed by atoms with Crippen molar-refractivity contribution in [2.75, 3.05) is 13.2 Å². The highest BCUT2D eigenvalue weighted by molar-refractivity contribution is 5.80. The summed E-state index contributed by atoms with van der Waals surface area (Å²) in [6, 6.07) is -0.687. The van der Waals surface area contributed by atoms with Crippen LogP contribution in [-0.2, 0) is 14.3 Å². The second kappa shape index (κ2) is 10.5. The van der Waals surface area contributed by atoms with Crippen molar-refractivity contribution < 1.29 is 19.1 Å². The number of amides is 1. The molecule has 5 nitrogen and oxygen atoms in total. The molecule has 0 aromatic carbocycles. The number of esters is 1. The van der Waals surface area contributed by atoms with Crippen LogP contribution in [0.3, 0.4) is 0 Å². The van der Waals surface area contributed by atoms with Gasteiger partial charge in [0, 0.05) is 0 Å². The third kappa shape index (κ3) is 12.2. The second-order valence-electron chi connectivity index (χ2n) is 6.58. The second-order valence-corrected chi connectivity index (χ2v) is 6.58. The minimum atomic E-state index is -0.687. The van der Waals surface area contributed by atoms with E-state index in [2.05, 4.69) is 12.2 Å². The zero-order valence-corrected chi connectivity index (χ0v) is 14.2. The lowest BCUT2D eigenvalue weighted by Crippen LogP contribution is -2.40. The minimum Gasteiger partial charge on any atom is -0.464 e. The lowest BCUT2D eigenvalue weighted by molar-refractivity contribution is -0.145. The molecule has 1 N–H and O–H groups in total. The summed E-state index contributed by atoms with van der Waals surface area (Å²) in [5.41, 5.74) is -0.0976. The van der Waals surface area contributed by atoms with Crippen molar-refractivity contribution in [2.45, 2.75) is 72.8 Å². The first kappa shape index (κ1) is 19.7. The fraction of sp³-hybridized carbons (Fsp3) is 0.875. The number of hydrogen-bond donors (Lipinski definition) is 1. The largest absolute Gasteiger partial charge is 0.464 e. The summed E-state index contributed by atoms with van der Waals surface area (Å²) in [6.07, 6.45) is 4.92. The van der Waals surface area contributed by atoms with E-state index >= 15 is 0 Å². The summed E-state index contributed by atoms with van der Waals surface area (Å²) in [5.74, 6) is -0.418. The average molecular weight is 301 g/mol. The highest BCUT2D eigenvalue weighted by Crippen LogP contribution is 2.12. The van der Waals surface area contributed by atoms with E-state index in [4.69, 9.17) is 9.47 Å². The van der Waals surface area contributed by atoms with Crippen LogP contribution in [0, 0.1) is 5.41 Å². The maximum atomic E-state index is 11.7. The minimum absolute atomic E-state index is 0.0976. The van der Waals surface area contributed by atoms with Crippen molar-refractivity contribution in [3.05, 3.63) is 0 Å². The summed E-state index contributed by atoms with van der Waals surface area (Å²) >= 11 is 0. The summed E-state index contributed by atoms with van der Waals surface area (Å²) in [7, 11) is 0. The van der Waals surface area contributed by atoms with Crippen LogP contribution in [0.4, 0.5) is 4.79 Å². The first-order valence-corrected chi connectivity index (χ1v) is 7.86. The predicted molar refractivity (Wildman–Crippen MR) is 83.1 cm³/mol. The molecule has 1 unspecified atom stereocenters. The van der Waals surface area contributed by atoms with Gasteiger partial charge >= 0.3 is 12.1 Å². The van der Waals surface area contributed by atoms with E-state index in [0.717, 1.165) is 12.8 Å². The smallest absolute Gasteiger partial charge is 0.407 e.